The van der Waals surface area contributed by atoms with Crippen LogP contribution in [0.4, 0.5) is 0 Å². The predicted molar refractivity (Wildman–Crippen MR) is 46.6 cm³/mol. The van der Waals surface area contributed by atoms with E-state index in [0.717, 1.165) is 6.42 Å². The highest BCUT2D eigenvalue weighted by Crippen LogP contribution is 2.16. The number of aromatic nitrogens is 2. The maximum atomic E-state index is 8.73. The largest absolute Gasteiger partial charge is 0.470 e. The first-order valence-corrected chi connectivity index (χ1v) is 4.35. The highest BCUT2D eigenvalue weighted by atomic mass is 16.5. The first-order valence-electron chi connectivity index (χ1n) is 4.35. The summed E-state index contributed by atoms with van der Waals surface area (Å²) < 4.78 is 10.6. The van der Waals surface area contributed by atoms with Gasteiger partial charge in [0.1, 0.15) is 12.2 Å². The Balaban J connectivity index is 2.11. The van der Waals surface area contributed by atoms with E-state index in [4.69, 9.17) is 14.7 Å². The van der Waals surface area contributed by atoms with Crippen LogP contribution in [0.15, 0.2) is 12.4 Å². The van der Waals surface area contributed by atoms with Gasteiger partial charge in [0.2, 0.25) is 5.69 Å². The van der Waals surface area contributed by atoms with Crippen molar-refractivity contribution in [3.8, 4) is 11.9 Å². The molecule has 1 unspecified atom stereocenters. The van der Waals surface area contributed by atoms with Crippen molar-refractivity contribution in [3.63, 3.8) is 0 Å². The Morgan fingerprint density at radius 1 is 1.50 bits per heavy atom. The number of nitrogens with zero attached hydrogens (tertiary/aromatic N) is 3. The number of hydrogen-bond donors (Lipinski definition) is 0. The van der Waals surface area contributed by atoms with Gasteiger partial charge in [-0.05, 0) is 0 Å². The lowest BCUT2D eigenvalue weighted by Gasteiger charge is -2.10. The molecule has 14 heavy (non-hydrogen) atoms. The normalized spacial score (nSPS) is 20.4. The quantitative estimate of drug-likeness (QED) is 0.681. The summed E-state index contributed by atoms with van der Waals surface area (Å²) in [7, 11) is 0. The van der Waals surface area contributed by atoms with Crippen LogP contribution >= 0.6 is 0 Å². The number of hydrogen-bond acceptors (Lipinski definition) is 5. The fourth-order valence-electron chi connectivity index (χ4n) is 1.25. The van der Waals surface area contributed by atoms with Crippen molar-refractivity contribution in [1.29, 1.82) is 5.26 Å². The van der Waals surface area contributed by atoms with Crippen LogP contribution in [0.5, 0.6) is 5.88 Å². The molecule has 0 spiro atoms. The minimum atomic E-state index is -0.00111. The van der Waals surface area contributed by atoms with Crippen LogP contribution < -0.4 is 4.74 Å². The minimum Gasteiger partial charge on any atom is -0.470 e. The Morgan fingerprint density at radius 3 is 3.07 bits per heavy atom. The highest BCUT2D eigenvalue weighted by molar-refractivity contribution is 5.30. The lowest BCUT2D eigenvalue weighted by atomic mass is 10.3. The molecule has 5 heteroatoms. The Morgan fingerprint density at radius 2 is 2.36 bits per heavy atom. The predicted octanol–water partition coefficient (Wildman–Crippen LogP) is 0.516. The van der Waals surface area contributed by atoms with Gasteiger partial charge in [0.05, 0.1) is 13.2 Å². The molecule has 0 aliphatic carbocycles. The second-order valence-electron chi connectivity index (χ2n) is 2.93. The summed E-state index contributed by atoms with van der Waals surface area (Å²) in [5, 5.41) is 8.73. The van der Waals surface area contributed by atoms with Gasteiger partial charge in [0.25, 0.3) is 5.88 Å². The van der Waals surface area contributed by atoms with Gasteiger partial charge in [-0.15, -0.1) is 0 Å². The van der Waals surface area contributed by atoms with E-state index in [9.17, 15) is 0 Å². The van der Waals surface area contributed by atoms with E-state index in [1.807, 2.05) is 6.07 Å². The summed E-state index contributed by atoms with van der Waals surface area (Å²) >= 11 is 0. The molecule has 1 aliphatic heterocycles. The van der Waals surface area contributed by atoms with Crippen molar-refractivity contribution in [2.45, 2.75) is 12.5 Å². The van der Waals surface area contributed by atoms with E-state index in [1.165, 1.54) is 12.4 Å². The van der Waals surface area contributed by atoms with Crippen molar-refractivity contribution >= 4 is 0 Å². The third-order valence-corrected chi connectivity index (χ3v) is 1.94. The van der Waals surface area contributed by atoms with Crippen LogP contribution in [-0.2, 0) is 4.74 Å². The van der Waals surface area contributed by atoms with Crippen molar-refractivity contribution in [1.82, 2.24) is 9.97 Å². The Hall–Kier alpha value is -1.67. The van der Waals surface area contributed by atoms with Gasteiger partial charge < -0.3 is 9.47 Å². The summed E-state index contributed by atoms with van der Waals surface area (Å²) in [6.07, 6.45) is 3.81. The average Bonchev–Trinajstić information content (AvgIpc) is 2.71. The first kappa shape index (κ1) is 8.91. The Kier molecular flexibility index (Phi) is 2.56. The SMILES string of the molecule is N#Cc1nccnc1OC1CCOC1. The van der Waals surface area contributed by atoms with Gasteiger partial charge in [0, 0.05) is 18.8 Å². The zero-order valence-electron chi connectivity index (χ0n) is 7.51. The number of ether oxygens (including phenoxy) is 2. The summed E-state index contributed by atoms with van der Waals surface area (Å²) in [6, 6.07) is 1.93. The lowest BCUT2D eigenvalue weighted by Crippen LogP contribution is -2.17. The maximum absolute atomic E-state index is 8.73. The molecule has 5 nitrogen and oxygen atoms in total. The van der Waals surface area contributed by atoms with E-state index < -0.39 is 0 Å². The van der Waals surface area contributed by atoms with E-state index in [2.05, 4.69) is 9.97 Å². The van der Waals surface area contributed by atoms with Gasteiger partial charge in [0.15, 0.2) is 0 Å². The van der Waals surface area contributed by atoms with Gasteiger partial charge in [-0.25, -0.2) is 9.97 Å². The zero-order valence-corrected chi connectivity index (χ0v) is 7.51. The standard InChI is InChI=1S/C9H9N3O2/c10-5-8-9(12-3-2-11-8)14-7-1-4-13-6-7/h2-3,7H,1,4,6H2. The molecule has 1 fully saturated rings. The molecule has 1 aromatic heterocycles. The van der Waals surface area contributed by atoms with E-state index in [-0.39, 0.29) is 11.8 Å². The monoisotopic (exact) mass is 191 g/mol. The molecule has 1 atom stereocenters. The molecule has 1 aromatic rings. The molecule has 1 aliphatic rings. The number of nitriles is 1. The summed E-state index contributed by atoms with van der Waals surface area (Å²) in [4.78, 5) is 7.80. The van der Waals surface area contributed by atoms with Crippen molar-refractivity contribution in [3.05, 3.63) is 18.1 Å². The van der Waals surface area contributed by atoms with Gasteiger partial charge in [-0.2, -0.15) is 5.26 Å². The zero-order chi connectivity index (χ0) is 9.80. The van der Waals surface area contributed by atoms with E-state index in [1.54, 1.807) is 0 Å². The van der Waals surface area contributed by atoms with E-state index in [0.29, 0.717) is 19.1 Å². The molecule has 0 saturated carbocycles. The van der Waals surface area contributed by atoms with Crippen LogP contribution in [0.1, 0.15) is 12.1 Å². The molecule has 2 rings (SSSR count). The molecule has 0 aromatic carbocycles. The van der Waals surface area contributed by atoms with Crippen LogP contribution in [0, 0.1) is 11.3 Å². The average molecular weight is 191 g/mol. The molecule has 0 amide bonds. The molecular weight excluding hydrogens is 182 g/mol. The third kappa shape index (κ3) is 1.80. The van der Waals surface area contributed by atoms with Gasteiger partial charge in [-0.1, -0.05) is 0 Å². The molecule has 0 radical (unpaired) electrons. The molecular formula is C9H9N3O2. The van der Waals surface area contributed by atoms with Crippen LogP contribution in [-0.4, -0.2) is 29.3 Å². The second kappa shape index (κ2) is 4.03. The first-order chi connectivity index (χ1) is 6.90. The summed E-state index contributed by atoms with van der Waals surface area (Å²) in [5.41, 5.74) is 0.222. The van der Waals surface area contributed by atoms with Gasteiger partial charge >= 0.3 is 0 Å². The van der Waals surface area contributed by atoms with Crippen LogP contribution in [0.25, 0.3) is 0 Å². The fraction of sp³-hybridized carbons (Fsp3) is 0.444. The van der Waals surface area contributed by atoms with E-state index >= 15 is 0 Å². The van der Waals surface area contributed by atoms with Crippen LogP contribution in [0.3, 0.4) is 0 Å². The highest BCUT2D eigenvalue weighted by Gasteiger charge is 2.19. The Bertz CT molecular complexity index is 355. The molecule has 2 heterocycles. The molecule has 0 bridgehead atoms. The van der Waals surface area contributed by atoms with Crippen LogP contribution in [0.2, 0.25) is 0 Å². The second-order valence-corrected chi connectivity index (χ2v) is 2.93. The fourth-order valence-corrected chi connectivity index (χ4v) is 1.25. The van der Waals surface area contributed by atoms with Crippen molar-refractivity contribution < 1.29 is 9.47 Å². The summed E-state index contributed by atoms with van der Waals surface area (Å²) in [6.45, 7) is 1.26. The van der Waals surface area contributed by atoms with Crippen molar-refractivity contribution in [2.24, 2.45) is 0 Å². The van der Waals surface area contributed by atoms with Gasteiger partial charge in [-0.3, -0.25) is 0 Å². The third-order valence-electron chi connectivity index (χ3n) is 1.94. The lowest BCUT2D eigenvalue weighted by molar-refractivity contribution is 0.137. The molecule has 72 valence electrons. The topological polar surface area (TPSA) is 68.0 Å². The Labute approximate surface area is 81.3 Å². The molecule has 0 N–H and O–H groups in total. The number of rotatable bonds is 2. The summed E-state index contributed by atoms with van der Waals surface area (Å²) in [5.74, 6) is 0.297. The maximum Gasteiger partial charge on any atom is 0.251 e. The molecule has 1 saturated heterocycles. The minimum absolute atomic E-state index is 0.00111. The van der Waals surface area contributed by atoms with Crippen molar-refractivity contribution in [2.75, 3.05) is 13.2 Å². The smallest absolute Gasteiger partial charge is 0.251 e.